The Morgan fingerprint density at radius 3 is 2.69 bits per heavy atom. The largest absolute Gasteiger partial charge is 0.445 e. The van der Waals surface area contributed by atoms with E-state index in [0.29, 0.717) is 17.5 Å². The number of benzene rings is 1. The number of amides is 1. The van der Waals surface area contributed by atoms with Gasteiger partial charge in [0.25, 0.3) is 0 Å². The molecule has 0 unspecified atom stereocenters. The molecule has 0 bridgehead atoms. The molecule has 0 saturated carbocycles. The molecule has 156 valence electrons. The third-order valence-electron chi connectivity index (χ3n) is 5.66. The van der Waals surface area contributed by atoms with Gasteiger partial charge >= 0.3 is 6.09 Å². The Kier molecular flexibility index (Phi) is 6.78. The quantitative estimate of drug-likeness (QED) is 0.577. The molecule has 1 atom stereocenters. The minimum Gasteiger partial charge on any atom is -0.445 e. The van der Waals surface area contributed by atoms with Gasteiger partial charge in [0.1, 0.15) is 17.6 Å². The van der Waals surface area contributed by atoms with E-state index in [0.717, 1.165) is 42.5 Å². The zero-order valence-electron chi connectivity index (χ0n) is 17.7. The zero-order chi connectivity index (χ0) is 21.0. The summed E-state index contributed by atoms with van der Waals surface area (Å²) in [5.41, 5.74) is 3.24. The number of hydrogen-bond acceptors (Lipinski definition) is 4. The Bertz CT molecular complexity index is 855. The molecule has 29 heavy (non-hydrogen) atoms. The summed E-state index contributed by atoms with van der Waals surface area (Å²) in [6.45, 7) is 9.07. The average Bonchev–Trinajstić information content (AvgIpc) is 2.70. The number of nitrogens with zero attached hydrogens (tertiary/aromatic N) is 3. The van der Waals surface area contributed by atoms with Crippen molar-refractivity contribution >= 4 is 17.7 Å². The van der Waals surface area contributed by atoms with Crippen molar-refractivity contribution < 1.29 is 9.53 Å². The first-order chi connectivity index (χ1) is 13.8. The summed E-state index contributed by atoms with van der Waals surface area (Å²) in [5.74, 6) is 0.574. The highest BCUT2D eigenvalue weighted by atomic mass is 35.5. The number of ether oxygens (including phenoxy) is 1. The Morgan fingerprint density at radius 1 is 1.28 bits per heavy atom. The molecule has 1 aromatic carbocycles. The van der Waals surface area contributed by atoms with Crippen molar-refractivity contribution in [3.63, 3.8) is 0 Å². The Hall–Kier alpha value is -2.14. The number of hydrogen-bond donors (Lipinski definition) is 0. The van der Waals surface area contributed by atoms with Gasteiger partial charge in [0, 0.05) is 17.3 Å². The van der Waals surface area contributed by atoms with Crippen LogP contribution >= 0.6 is 11.6 Å². The monoisotopic (exact) mass is 415 g/mol. The van der Waals surface area contributed by atoms with Crippen LogP contribution in [0.3, 0.4) is 0 Å². The predicted molar refractivity (Wildman–Crippen MR) is 115 cm³/mol. The van der Waals surface area contributed by atoms with Gasteiger partial charge in [0.2, 0.25) is 0 Å². The number of aromatic nitrogens is 2. The van der Waals surface area contributed by atoms with Crippen LogP contribution in [0.2, 0.25) is 5.15 Å². The summed E-state index contributed by atoms with van der Waals surface area (Å²) in [6.07, 6.45) is 3.30. The molecule has 0 aliphatic heterocycles. The molecule has 1 aliphatic carbocycles. The van der Waals surface area contributed by atoms with Crippen LogP contribution in [-0.2, 0) is 30.7 Å². The van der Waals surface area contributed by atoms with E-state index in [-0.39, 0.29) is 24.2 Å². The van der Waals surface area contributed by atoms with Gasteiger partial charge in [-0.15, -0.1) is 0 Å². The molecule has 1 aromatic heterocycles. The van der Waals surface area contributed by atoms with Gasteiger partial charge < -0.3 is 4.74 Å². The van der Waals surface area contributed by atoms with Crippen LogP contribution in [0.1, 0.15) is 63.2 Å². The summed E-state index contributed by atoms with van der Waals surface area (Å²) in [5, 5.41) is 0.513. The van der Waals surface area contributed by atoms with Gasteiger partial charge in [-0.2, -0.15) is 0 Å². The lowest BCUT2D eigenvalue weighted by Crippen LogP contribution is -2.39. The molecule has 6 heteroatoms. The maximum Gasteiger partial charge on any atom is 0.410 e. The van der Waals surface area contributed by atoms with Gasteiger partial charge in [-0.25, -0.2) is 14.8 Å². The third kappa shape index (κ3) is 5.47. The number of fused-ring (bicyclic) bond motifs is 1. The first-order valence-corrected chi connectivity index (χ1v) is 10.7. The van der Waals surface area contributed by atoms with Crippen LogP contribution in [0.4, 0.5) is 4.79 Å². The first kappa shape index (κ1) is 21.6. The topological polar surface area (TPSA) is 55.3 Å². The van der Waals surface area contributed by atoms with Crippen molar-refractivity contribution in [3.05, 3.63) is 58.1 Å². The van der Waals surface area contributed by atoms with Crippen molar-refractivity contribution in [2.75, 3.05) is 0 Å². The van der Waals surface area contributed by atoms with Crippen molar-refractivity contribution in [3.8, 4) is 0 Å². The molecule has 0 radical (unpaired) electrons. The Labute approximate surface area is 178 Å². The van der Waals surface area contributed by atoms with Crippen LogP contribution in [0.5, 0.6) is 0 Å². The van der Waals surface area contributed by atoms with E-state index in [9.17, 15) is 4.79 Å². The fourth-order valence-electron chi connectivity index (χ4n) is 3.60. The summed E-state index contributed by atoms with van der Waals surface area (Å²) in [6, 6.07) is 9.69. The molecule has 3 rings (SSSR count). The first-order valence-electron chi connectivity index (χ1n) is 10.3. The van der Waals surface area contributed by atoms with Gasteiger partial charge in [-0.05, 0) is 43.6 Å². The van der Waals surface area contributed by atoms with E-state index >= 15 is 0 Å². The molecular weight excluding hydrogens is 386 g/mol. The lowest BCUT2D eigenvalue weighted by Gasteiger charge is -2.32. The predicted octanol–water partition coefficient (Wildman–Crippen LogP) is 5.58. The van der Waals surface area contributed by atoms with E-state index in [4.69, 9.17) is 21.3 Å². The summed E-state index contributed by atoms with van der Waals surface area (Å²) < 4.78 is 5.55. The second-order valence-electron chi connectivity index (χ2n) is 8.62. The average molecular weight is 416 g/mol. The van der Waals surface area contributed by atoms with Crippen molar-refractivity contribution in [1.29, 1.82) is 0 Å². The van der Waals surface area contributed by atoms with Crippen LogP contribution in [0.15, 0.2) is 30.3 Å². The Balaban J connectivity index is 1.75. The van der Waals surface area contributed by atoms with Crippen molar-refractivity contribution in [2.24, 2.45) is 5.41 Å². The molecule has 5 nitrogen and oxygen atoms in total. The third-order valence-corrected chi connectivity index (χ3v) is 5.97. The SMILES string of the molecule is CC[C@H](C)N(Cc1nc(Cl)c2c(n1)CCC(C)(C)C2)C(=O)OCc1ccccc1. The molecule has 2 aromatic rings. The highest BCUT2D eigenvalue weighted by Gasteiger charge is 2.30. The van der Waals surface area contributed by atoms with E-state index in [2.05, 4.69) is 18.8 Å². The van der Waals surface area contributed by atoms with Crippen molar-refractivity contribution in [1.82, 2.24) is 14.9 Å². The van der Waals surface area contributed by atoms with E-state index in [1.54, 1.807) is 4.90 Å². The molecule has 1 amide bonds. The van der Waals surface area contributed by atoms with Gasteiger partial charge in [-0.1, -0.05) is 62.7 Å². The summed E-state index contributed by atoms with van der Waals surface area (Å²) in [7, 11) is 0. The Morgan fingerprint density at radius 2 is 2.00 bits per heavy atom. The molecule has 0 spiro atoms. The molecule has 1 heterocycles. The standard InChI is InChI=1S/C23H30ClN3O2/c1-5-16(2)27(22(28)29-15-17-9-7-6-8-10-17)14-20-25-19-11-12-23(3,4)13-18(19)21(24)26-20/h6-10,16H,5,11-15H2,1-4H3/t16-/m0/s1. The minimum absolute atomic E-state index is 0.00983. The minimum atomic E-state index is -0.359. The lowest BCUT2D eigenvalue weighted by atomic mass is 9.76. The van der Waals surface area contributed by atoms with Gasteiger partial charge in [-0.3, -0.25) is 4.90 Å². The van der Waals surface area contributed by atoms with E-state index in [1.807, 2.05) is 44.2 Å². The van der Waals surface area contributed by atoms with Gasteiger partial charge in [0.15, 0.2) is 0 Å². The number of rotatable bonds is 6. The second-order valence-corrected chi connectivity index (χ2v) is 8.98. The molecular formula is C23H30ClN3O2. The van der Waals surface area contributed by atoms with E-state index < -0.39 is 0 Å². The number of carbonyl (C=O) groups excluding carboxylic acids is 1. The normalized spacial score (nSPS) is 16.0. The molecule has 0 saturated heterocycles. The van der Waals surface area contributed by atoms with Crippen LogP contribution in [-0.4, -0.2) is 27.0 Å². The van der Waals surface area contributed by atoms with Crippen LogP contribution in [0.25, 0.3) is 0 Å². The highest BCUT2D eigenvalue weighted by molar-refractivity contribution is 6.30. The molecule has 1 aliphatic rings. The fourth-order valence-corrected chi connectivity index (χ4v) is 3.87. The highest BCUT2D eigenvalue weighted by Crippen LogP contribution is 2.36. The van der Waals surface area contributed by atoms with E-state index in [1.165, 1.54) is 0 Å². The van der Waals surface area contributed by atoms with Crippen LogP contribution in [0, 0.1) is 5.41 Å². The summed E-state index contributed by atoms with van der Waals surface area (Å²) >= 11 is 6.51. The van der Waals surface area contributed by atoms with Crippen LogP contribution < -0.4 is 0 Å². The smallest absolute Gasteiger partial charge is 0.410 e. The lowest BCUT2D eigenvalue weighted by molar-refractivity contribution is 0.0780. The number of halogens is 1. The maximum absolute atomic E-state index is 12.8. The van der Waals surface area contributed by atoms with Gasteiger partial charge in [0.05, 0.1) is 6.54 Å². The number of carbonyl (C=O) groups is 1. The molecule has 0 N–H and O–H groups in total. The number of aryl methyl sites for hydroxylation is 1. The fraction of sp³-hybridized carbons (Fsp3) is 0.522. The van der Waals surface area contributed by atoms with Crippen molar-refractivity contribution in [2.45, 2.75) is 72.6 Å². The molecule has 0 fully saturated rings. The maximum atomic E-state index is 12.8. The second kappa shape index (κ2) is 9.12. The summed E-state index contributed by atoms with van der Waals surface area (Å²) in [4.78, 5) is 23.7. The zero-order valence-corrected chi connectivity index (χ0v) is 18.5.